The highest BCUT2D eigenvalue weighted by atomic mass is 32.2. The summed E-state index contributed by atoms with van der Waals surface area (Å²) in [6, 6.07) is 16.3. The zero-order valence-electron chi connectivity index (χ0n) is 13.7. The number of sulfonamides is 1. The first-order valence-corrected chi connectivity index (χ1v) is 10.0. The summed E-state index contributed by atoms with van der Waals surface area (Å²) in [6.07, 6.45) is 0. The molecule has 0 atom stereocenters. The Kier molecular flexibility index (Phi) is 5.17. The van der Waals surface area contributed by atoms with Crippen molar-refractivity contribution in [3.63, 3.8) is 0 Å². The lowest BCUT2D eigenvalue weighted by Crippen LogP contribution is -2.38. The number of thiophene rings is 1. The fraction of sp³-hybridized carbons (Fsp3) is 0.167. The van der Waals surface area contributed by atoms with Crippen molar-refractivity contribution in [3.05, 3.63) is 64.9 Å². The molecular weight excluding hydrogens is 356 g/mol. The minimum atomic E-state index is -3.72. The van der Waals surface area contributed by atoms with Crippen LogP contribution in [0, 0.1) is 0 Å². The molecule has 1 aromatic heterocycles. The summed E-state index contributed by atoms with van der Waals surface area (Å²) in [5, 5.41) is 6.48. The Bertz CT molecular complexity index is 982. The van der Waals surface area contributed by atoms with E-state index in [2.05, 4.69) is 5.32 Å². The first kappa shape index (κ1) is 17.6. The van der Waals surface area contributed by atoms with Gasteiger partial charge in [0.05, 0.1) is 18.0 Å². The lowest BCUT2D eigenvalue weighted by Gasteiger charge is -2.17. The summed E-state index contributed by atoms with van der Waals surface area (Å²) in [5.41, 5.74) is 0. The van der Waals surface area contributed by atoms with Crippen LogP contribution in [0.3, 0.4) is 0 Å². The predicted octanol–water partition coefficient (Wildman–Crippen LogP) is 2.84. The second kappa shape index (κ2) is 7.35. The van der Waals surface area contributed by atoms with E-state index in [9.17, 15) is 13.2 Å². The van der Waals surface area contributed by atoms with Gasteiger partial charge in [-0.25, -0.2) is 8.42 Å². The fourth-order valence-electron chi connectivity index (χ4n) is 2.45. The monoisotopic (exact) mass is 374 g/mol. The number of likely N-dealkylation sites (N-methyl/N-ethyl adjacent to an activating group) is 1. The first-order chi connectivity index (χ1) is 12.0. The number of rotatable bonds is 6. The van der Waals surface area contributed by atoms with Crippen LogP contribution < -0.4 is 5.32 Å². The Morgan fingerprint density at radius 3 is 2.56 bits per heavy atom. The van der Waals surface area contributed by atoms with Gasteiger partial charge >= 0.3 is 0 Å². The van der Waals surface area contributed by atoms with E-state index < -0.39 is 10.0 Å². The third-order valence-corrected chi connectivity index (χ3v) is 6.51. The number of nitrogens with one attached hydrogen (secondary N) is 1. The Balaban J connectivity index is 1.70. The summed E-state index contributed by atoms with van der Waals surface area (Å²) in [6.45, 7) is 0.181. The molecule has 3 aromatic rings. The van der Waals surface area contributed by atoms with Gasteiger partial charge in [0, 0.05) is 11.9 Å². The molecule has 0 fully saturated rings. The Hall–Kier alpha value is -2.22. The van der Waals surface area contributed by atoms with E-state index >= 15 is 0 Å². The maximum atomic E-state index is 12.7. The normalized spacial score (nSPS) is 11.8. The molecule has 2 aromatic carbocycles. The number of hydrogen-bond acceptors (Lipinski definition) is 4. The molecular formula is C18H18N2O3S2. The SMILES string of the molecule is CN(CC(=O)NCc1cccs1)S(=O)(=O)c1ccc2ccccc2c1. The van der Waals surface area contributed by atoms with Gasteiger partial charge in [0.1, 0.15) is 0 Å². The number of amides is 1. The number of carbonyl (C=O) groups is 1. The average Bonchev–Trinajstić information content (AvgIpc) is 3.13. The molecule has 0 aliphatic carbocycles. The van der Waals surface area contributed by atoms with Crippen LogP contribution in [0.15, 0.2) is 64.9 Å². The van der Waals surface area contributed by atoms with E-state index in [4.69, 9.17) is 0 Å². The van der Waals surface area contributed by atoms with Crippen molar-refractivity contribution in [2.75, 3.05) is 13.6 Å². The standard InChI is InChI=1S/C18H18N2O3S2/c1-20(13-18(21)19-12-16-7-4-10-24-16)25(22,23)17-9-8-14-5-2-3-6-15(14)11-17/h2-11H,12-13H2,1H3,(H,19,21). The summed E-state index contributed by atoms with van der Waals surface area (Å²) < 4.78 is 26.5. The van der Waals surface area contributed by atoms with Crippen LogP contribution in [-0.4, -0.2) is 32.2 Å². The van der Waals surface area contributed by atoms with E-state index in [0.29, 0.717) is 6.54 Å². The van der Waals surface area contributed by atoms with Crippen LogP contribution >= 0.6 is 11.3 Å². The largest absolute Gasteiger partial charge is 0.350 e. The number of carbonyl (C=O) groups excluding carboxylic acids is 1. The molecule has 3 rings (SSSR count). The molecule has 25 heavy (non-hydrogen) atoms. The summed E-state index contributed by atoms with van der Waals surface area (Å²) in [7, 11) is -2.31. The van der Waals surface area contributed by atoms with Crippen molar-refractivity contribution in [2.45, 2.75) is 11.4 Å². The van der Waals surface area contributed by atoms with Gasteiger partial charge in [0.15, 0.2) is 0 Å². The molecule has 0 saturated heterocycles. The molecule has 130 valence electrons. The average molecular weight is 374 g/mol. The minimum Gasteiger partial charge on any atom is -0.350 e. The van der Waals surface area contributed by atoms with Gasteiger partial charge in [-0.3, -0.25) is 4.79 Å². The van der Waals surface area contributed by atoms with E-state index in [1.807, 2.05) is 41.8 Å². The fourth-order valence-corrected chi connectivity index (χ4v) is 4.26. The van der Waals surface area contributed by atoms with Crippen molar-refractivity contribution in [2.24, 2.45) is 0 Å². The van der Waals surface area contributed by atoms with Crippen molar-refractivity contribution >= 4 is 38.0 Å². The third kappa shape index (κ3) is 4.07. The first-order valence-electron chi connectivity index (χ1n) is 7.71. The molecule has 0 aliphatic rings. The van der Waals surface area contributed by atoms with Gasteiger partial charge in [0.25, 0.3) is 0 Å². The molecule has 0 unspecified atom stereocenters. The van der Waals surface area contributed by atoms with Crippen LogP contribution in [0.25, 0.3) is 10.8 Å². The highest BCUT2D eigenvalue weighted by Gasteiger charge is 2.23. The molecule has 1 amide bonds. The molecule has 0 spiro atoms. The topological polar surface area (TPSA) is 66.5 Å². The third-order valence-electron chi connectivity index (χ3n) is 3.84. The molecule has 0 radical (unpaired) electrons. The molecule has 1 heterocycles. The van der Waals surface area contributed by atoms with Crippen LogP contribution in [0.5, 0.6) is 0 Å². The smallest absolute Gasteiger partial charge is 0.243 e. The van der Waals surface area contributed by atoms with Crippen molar-refractivity contribution < 1.29 is 13.2 Å². The Morgan fingerprint density at radius 1 is 1.08 bits per heavy atom. The molecule has 7 heteroatoms. The second-order valence-corrected chi connectivity index (χ2v) is 8.70. The number of benzene rings is 2. The van der Waals surface area contributed by atoms with Gasteiger partial charge in [-0.05, 0) is 34.4 Å². The maximum Gasteiger partial charge on any atom is 0.243 e. The molecule has 0 bridgehead atoms. The molecule has 1 N–H and O–H groups in total. The highest BCUT2D eigenvalue weighted by molar-refractivity contribution is 7.89. The van der Waals surface area contributed by atoms with Gasteiger partial charge in [-0.2, -0.15) is 4.31 Å². The van der Waals surface area contributed by atoms with Gasteiger partial charge in [0.2, 0.25) is 15.9 Å². The summed E-state index contributed by atoms with van der Waals surface area (Å²) >= 11 is 1.54. The maximum absolute atomic E-state index is 12.7. The van der Waals surface area contributed by atoms with Crippen LogP contribution in [-0.2, 0) is 21.4 Å². The van der Waals surface area contributed by atoms with Gasteiger partial charge < -0.3 is 5.32 Å². The highest BCUT2D eigenvalue weighted by Crippen LogP contribution is 2.21. The molecule has 0 aliphatic heterocycles. The molecule has 0 saturated carbocycles. The number of hydrogen-bond donors (Lipinski definition) is 1. The zero-order chi connectivity index (χ0) is 17.9. The Labute approximate surface area is 151 Å². The zero-order valence-corrected chi connectivity index (χ0v) is 15.3. The lowest BCUT2D eigenvalue weighted by molar-refractivity contribution is -0.121. The van der Waals surface area contributed by atoms with Crippen molar-refractivity contribution in [1.82, 2.24) is 9.62 Å². The quantitative estimate of drug-likeness (QED) is 0.721. The van der Waals surface area contributed by atoms with Crippen LogP contribution in [0.1, 0.15) is 4.88 Å². The van der Waals surface area contributed by atoms with Crippen LogP contribution in [0.4, 0.5) is 0 Å². The van der Waals surface area contributed by atoms with Crippen molar-refractivity contribution in [3.8, 4) is 0 Å². The van der Waals surface area contributed by atoms with Gasteiger partial charge in [-0.1, -0.05) is 36.4 Å². The summed E-state index contributed by atoms with van der Waals surface area (Å²) in [5.74, 6) is -0.333. The number of nitrogens with zero attached hydrogens (tertiary/aromatic N) is 1. The van der Waals surface area contributed by atoms with E-state index in [0.717, 1.165) is 20.0 Å². The minimum absolute atomic E-state index is 0.180. The number of fused-ring (bicyclic) bond motifs is 1. The van der Waals surface area contributed by atoms with Crippen LogP contribution in [0.2, 0.25) is 0 Å². The second-order valence-electron chi connectivity index (χ2n) is 5.63. The predicted molar refractivity (Wildman–Crippen MR) is 99.9 cm³/mol. The van der Waals surface area contributed by atoms with Gasteiger partial charge in [-0.15, -0.1) is 11.3 Å². The summed E-state index contributed by atoms with van der Waals surface area (Å²) in [4.78, 5) is 13.2. The molecule has 5 nitrogen and oxygen atoms in total. The van der Waals surface area contributed by atoms with Crippen molar-refractivity contribution in [1.29, 1.82) is 0 Å². The van der Waals surface area contributed by atoms with E-state index in [1.54, 1.807) is 29.5 Å². The lowest BCUT2D eigenvalue weighted by atomic mass is 10.1. The van der Waals surface area contributed by atoms with E-state index in [1.165, 1.54) is 7.05 Å². The Morgan fingerprint density at radius 2 is 1.84 bits per heavy atom. The van der Waals surface area contributed by atoms with E-state index in [-0.39, 0.29) is 17.3 Å².